The summed E-state index contributed by atoms with van der Waals surface area (Å²) in [6.45, 7) is 11.4. The third-order valence-electron chi connectivity index (χ3n) is 28.8. The lowest BCUT2D eigenvalue weighted by molar-refractivity contribution is -0.184. The van der Waals surface area contributed by atoms with Gasteiger partial charge in [-0.2, -0.15) is 0 Å². The Morgan fingerprint density at radius 1 is 0.358 bits per heavy atom. The molecule has 2 aromatic heterocycles. The molecule has 3 unspecified atom stereocenters. The number of hydrogen-bond acceptors (Lipinski definition) is 19. The Bertz CT molecular complexity index is 6560. The van der Waals surface area contributed by atoms with Crippen LogP contribution in [0.25, 0.3) is 0 Å². The number of rotatable bonds is 38. The molecule has 15 fully saturated rings. The van der Waals surface area contributed by atoms with Gasteiger partial charge in [-0.3, -0.25) is 52.9 Å². The molecule has 10 N–H and O–H groups in total. The lowest BCUT2D eigenvalue weighted by Gasteiger charge is -2.69. The number of aromatic nitrogens is 2. The predicted octanol–water partition coefficient (Wildman–Crippen LogP) is 16.9. The van der Waals surface area contributed by atoms with E-state index in [1.54, 1.807) is 54.9 Å². The highest BCUT2D eigenvalue weighted by atomic mass is 35.5. The Kier molecular flexibility index (Phi) is 32.1. The van der Waals surface area contributed by atoms with E-state index in [4.69, 9.17) is 90.9 Å². The SMILES string of the molecule is CC(F)Oc1ccc(CNC(=O)C23CC(NC(=O)COc4ccc(Cl)c(F)c4)(C2)C3)cc1.CC(NC(=O)C12CC(NC(=O)COc3ccc(Cl)c(F)c3)(C1)C2)c1ccccc1.Cc1cc(OCC(=O)NC23CC(C(=O)NCc4cnoc4)(C2)C3)ccc1Cl.Cc1ccc(CC(C)NC(=O)C23CC(NC(=O)COc4ccc(Cl)c(F)c4)(C2)C3)cc1.Cc1ccc(CNC(=O)C23CC(NC(=O)COc4ccc(Cl)c(F)c4)(C2)C3)nc1. The normalized spacial score (nSPS) is 24.5. The molecule has 780 valence electrons. The first-order valence-electron chi connectivity index (χ1n) is 48.4. The molecular weight excluding hydrogens is 2020 g/mol. The molecule has 10 aromatic rings. The Hall–Kier alpha value is -13.3. The number of ether oxygens (including phenoxy) is 6. The summed E-state index contributed by atoms with van der Waals surface area (Å²) in [5.41, 5.74) is 4.44. The summed E-state index contributed by atoms with van der Waals surface area (Å²) >= 11 is 28.5. The molecular formula is C109H112Cl5F5N12O17. The van der Waals surface area contributed by atoms with E-state index in [0.717, 1.165) is 64.2 Å². The van der Waals surface area contributed by atoms with Crippen LogP contribution in [-0.2, 0) is 74.0 Å². The molecule has 15 saturated carbocycles. The van der Waals surface area contributed by atoms with Gasteiger partial charge in [-0.25, -0.2) is 22.0 Å². The van der Waals surface area contributed by atoms with Gasteiger partial charge in [0.1, 0.15) is 64.0 Å². The van der Waals surface area contributed by atoms with Crippen LogP contribution in [0.5, 0.6) is 34.5 Å². The fourth-order valence-electron chi connectivity index (χ4n) is 21.8. The van der Waals surface area contributed by atoms with Crippen LogP contribution < -0.4 is 81.6 Å². The largest absolute Gasteiger partial charge is 0.484 e. The third kappa shape index (κ3) is 25.3. The minimum atomic E-state index is -1.38. The number of nitrogens with one attached hydrogen (secondary N) is 10. The number of hydrogen-bond donors (Lipinski definition) is 10. The van der Waals surface area contributed by atoms with Gasteiger partial charge in [-0.05, 0) is 250 Å². The molecule has 8 aromatic carbocycles. The van der Waals surface area contributed by atoms with Crippen molar-refractivity contribution in [3.05, 3.63) is 294 Å². The van der Waals surface area contributed by atoms with Gasteiger partial charge in [-0.15, -0.1) is 0 Å². The standard InChI is InChI=1S/C24H26ClFN2O3.C23H23ClF2N2O4.C22H22ClFN2O3.C21H21ClFN3O3.C19H20ClN3O4/c1-15-3-5-17(6-4-15)9-16(2)27-22(30)23-12-24(13-23,14-23)28-21(29)11-31-18-7-8-19(25)20(26)10-18;1-14(25)32-16-4-2-15(3-5-16)9-27-21(30)22-11-23(12-22,13-22)28-20(29)10-31-17-6-7-18(24)19(26)8-17;1-14(15-5-3-2-4-6-15)25-20(28)21-11-22(12-21,13-21)26-19(27)10-29-16-7-8-17(23)18(24)9-16;1-13-2-3-14(24-7-13)8-25-19(28)20-10-21(11-20,12-20)26-18(27)9-29-15-4-5-16(22)17(23)6-15;1-12-4-14(2-3-15(12)20)26-8-16(24)23-19-9-18(10-19,11-19)17(25)21-5-13-6-22-27-7-13/h3-8,10,16H,9,11-14H2,1-2H3,(H,27,30)(H,28,29);2-8,14H,9-13H2,1H3,(H,27,30)(H,28,29);2-9,14H,10-13H2,1H3,(H,25,28)(H,26,27);2-7H,8-12H2,1H3,(H,25,28)(H,26,27);2-4,6-7H,5,8-11H2,1H3,(H,21,25)(H,23,24). The van der Waals surface area contributed by atoms with Crippen molar-refractivity contribution in [3.8, 4) is 34.5 Å². The molecule has 0 saturated heterocycles. The van der Waals surface area contributed by atoms with Crippen molar-refractivity contribution in [1.82, 2.24) is 63.3 Å². The lowest BCUT2D eigenvalue weighted by Crippen LogP contribution is -2.78. The van der Waals surface area contributed by atoms with E-state index in [-0.39, 0.29) is 191 Å². The average Bonchev–Trinajstić information content (AvgIpc) is 0.731. The fourth-order valence-corrected chi connectivity index (χ4v) is 22.3. The Balaban J connectivity index is 0.000000132. The quantitative estimate of drug-likeness (QED) is 0.0161. The van der Waals surface area contributed by atoms with Crippen LogP contribution in [-0.4, -0.2) is 142 Å². The van der Waals surface area contributed by atoms with Gasteiger partial charge in [0.2, 0.25) is 35.9 Å². The van der Waals surface area contributed by atoms with Crippen molar-refractivity contribution >= 4 is 117 Å². The van der Waals surface area contributed by atoms with Crippen molar-refractivity contribution in [2.24, 2.45) is 27.1 Å². The number of carbonyl (C=O) groups is 10. The highest BCUT2D eigenvalue weighted by molar-refractivity contribution is 6.32. The first kappa shape index (κ1) is 107. The molecule has 25 rings (SSSR count). The van der Waals surface area contributed by atoms with Crippen molar-refractivity contribution in [1.29, 1.82) is 0 Å². The van der Waals surface area contributed by atoms with E-state index < -0.39 is 40.5 Å². The second kappa shape index (κ2) is 44.2. The van der Waals surface area contributed by atoms with E-state index in [9.17, 15) is 69.9 Å². The van der Waals surface area contributed by atoms with E-state index >= 15 is 0 Å². The molecule has 0 aliphatic heterocycles. The van der Waals surface area contributed by atoms with Crippen LogP contribution >= 0.6 is 58.0 Å². The van der Waals surface area contributed by atoms with Crippen molar-refractivity contribution in [2.75, 3.05) is 33.0 Å². The van der Waals surface area contributed by atoms with E-state index in [2.05, 4.69) is 94.5 Å². The molecule has 10 amide bonds. The first-order valence-corrected chi connectivity index (χ1v) is 50.3. The molecule has 2 heterocycles. The highest BCUT2D eigenvalue weighted by Crippen LogP contribution is 2.71. The summed E-state index contributed by atoms with van der Waals surface area (Å²) < 4.78 is 103. The molecule has 15 aliphatic carbocycles. The monoisotopic (exact) mass is 2130 g/mol. The zero-order chi connectivity index (χ0) is 106. The van der Waals surface area contributed by atoms with Gasteiger partial charge in [0.15, 0.2) is 33.0 Å². The number of benzene rings is 8. The molecule has 0 radical (unpaired) electrons. The Labute approximate surface area is 876 Å². The van der Waals surface area contributed by atoms with Crippen LogP contribution in [0.2, 0.25) is 25.1 Å². The average molecular weight is 2130 g/mol. The van der Waals surface area contributed by atoms with Gasteiger partial charge >= 0.3 is 0 Å². The summed E-state index contributed by atoms with van der Waals surface area (Å²) in [5.74, 6) is -1.70. The maximum atomic E-state index is 13.4. The van der Waals surface area contributed by atoms with Crippen LogP contribution in [0.15, 0.2) is 205 Å². The van der Waals surface area contributed by atoms with E-state index in [1.807, 2.05) is 70.2 Å². The summed E-state index contributed by atoms with van der Waals surface area (Å²) in [6.07, 6.45) is 13.7. The number of aryl methyl sites for hydroxylation is 3. The first-order chi connectivity index (χ1) is 70.4. The summed E-state index contributed by atoms with van der Waals surface area (Å²) in [6, 6.07) is 50.2. The lowest BCUT2D eigenvalue weighted by atomic mass is 9.39. The van der Waals surface area contributed by atoms with Crippen molar-refractivity contribution in [3.63, 3.8) is 0 Å². The number of carbonyl (C=O) groups excluding carboxylic acids is 10. The summed E-state index contributed by atoms with van der Waals surface area (Å²) in [4.78, 5) is 128. The van der Waals surface area contributed by atoms with Crippen LogP contribution in [0.1, 0.15) is 168 Å². The zero-order valence-corrected chi connectivity index (χ0v) is 85.6. The maximum Gasteiger partial charge on any atom is 0.258 e. The molecule has 39 heteroatoms. The fraction of sp³-hybridized carbons (Fsp3) is 0.394. The maximum absolute atomic E-state index is 13.4. The molecule has 10 bridgehead atoms. The molecule has 15 aliphatic rings. The number of nitrogens with zero attached hydrogens (tertiary/aromatic N) is 2. The Morgan fingerprint density at radius 3 is 1.02 bits per heavy atom. The zero-order valence-electron chi connectivity index (χ0n) is 81.9. The minimum Gasteiger partial charge on any atom is -0.484 e. The predicted molar refractivity (Wildman–Crippen MR) is 539 cm³/mol. The van der Waals surface area contributed by atoms with E-state index in [0.29, 0.717) is 132 Å². The van der Waals surface area contributed by atoms with Crippen LogP contribution in [0, 0.1) is 71.1 Å². The van der Waals surface area contributed by atoms with Gasteiger partial charge in [-0.1, -0.05) is 142 Å². The van der Waals surface area contributed by atoms with E-state index in [1.165, 1.54) is 72.8 Å². The number of pyridine rings is 1. The van der Waals surface area contributed by atoms with Crippen LogP contribution in [0.4, 0.5) is 22.0 Å². The number of alkyl halides is 1. The highest BCUT2D eigenvalue weighted by Gasteiger charge is 2.76. The second-order valence-corrected chi connectivity index (χ2v) is 43.3. The van der Waals surface area contributed by atoms with Gasteiger partial charge < -0.3 is 86.1 Å². The topological polar surface area (TPSA) is 385 Å². The second-order valence-electron chi connectivity index (χ2n) is 41.2. The third-order valence-corrected chi connectivity index (χ3v) is 30.5. The van der Waals surface area contributed by atoms with Gasteiger partial charge in [0.25, 0.3) is 29.5 Å². The Morgan fingerprint density at radius 2 is 0.682 bits per heavy atom. The molecule has 3 atom stereocenters. The number of amides is 10. The van der Waals surface area contributed by atoms with Crippen molar-refractivity contribution in [2.45, 2.75) is 210 Å². The summed E-state index contributed by atoms with van der Waals surface area (Å²) in [7, 11) is 0. The molecule has 148 heavy (non-hydrogen) atoms. The van der Waals surface area contributed by atoms with Gasteiger partial charge in [0, 0.05) is 94.8 Å². The number of halogens is 10. The van der Waals surface area contributed by atoms with Crippen molar-refractivity contribution < 1.29 is 103 Å². The molecule has 29 nitrogen and oxygen atoms in total. The van der Waals surface area contributed by atoms with Gasteiger partial charge in [0.05, 0.1) is 71.6 Å². The molecule has 0 spiro atoms. The minimum absolute atomic E-state index is 0.000764. The smallest absolute Gasteiger partial charge is 0.258 e. The van der Waals surface area contributed by atoms with Crippen LogP contribution in [0.3, 0.4) is 0 Å². The summed E-state index contributed by atoms with van der Waals surface area (Å²) in [5, 5.41) is 34.0.